The molecular weight excluding hydrogens is 286 g/mol. The molecule has 0 aliphatic carbocycles. The first-order chi connectivity index (χ1) is 10.1. The van der Waals surface area contributed by atoms with E-state index in [4.69, 9.17) is 15.2 Å². The molecule has 0 saturated carbocycles. The van der Waals surface area contributed by atoms with Gasteiger partial charge in [-0.15, -0.1) is 0 Å². The Labute approximate surface area is 131 Å². The number of thioether (sulfide) groups is 1. The number of nitrogens with two attached hydrogens (primary N) is 1. The summed E-state index contributed by atoms with van der Waals surface area (Å²) in [5.74, 6) is 1.46. The van der Waals surface area contributed by atoms with Crippen LogP contribution in [0.2, 0.25) is 0 Å². The van der Waals surface area contributed by atoms with Gasteiger partial charge in [0.1, 0.15) is 5.54 Å². The Balaban J connectivity index is 2.63. The van der Waals surface area contributed by atoms with E-state index in [1.165, 1.54) is 0 Å². The van der Waals surface area contributed by atoms with Crippen LogP contribution in [0.25, 0.3) is 0 Å². The number of carbonyl (C=O) groups is 1. The fraction of sp³-hybridized carbons (Fsp3) is 0.562. The molecule has 1 rings (SSSR count). The molecule has 0 amide bonds. The number of methoxy groups -OCH3 is 1. The predicted octanol–water partition coefficient (Wildman–Crippen LogP) is 2.56. The maximum absolute atomic E-state index is 12.3. The van der Waals surface area contributed by atoms with Gasteiger partial charge in [-0.25, -0.2) is 4.79 Å². The molecule has 0 bridgehead atoms. The van der Waals surface area contributed by atoms with E-state index in [1.54, 1.807) is 25.8 Å². The van der Waals surface area contributed by atoms with Gasteiger partial charge in [-0.05, 0) is 36.8 Å². The van der Waals surface area contributed by atoms with Gasteiger partial charge >= 0.3 is 5.97 Å². The lowest BCUT2D eigenvalue weighted by Gasteiger charge is -2.27. The minimum Gasteiger partial charge on any atom is -0.464 e. The summed E-state index contributed by atoms with van der Waals surface area (Å²) in [7, 11) is 1.70. The zero-order chi connectivity index (χ0) is 15.6. The van der Waals surface area contributed by atoms with Gasteiger partial charge in [-0.2, -0.15) is 11.8 Å². The highest BCUT2D eigenvalue weighted by Crippen LogP contribution is 2.26. The fourth-order valence-electron chi connectivity index (χ4n) is 2.00. The molecule has 1 aromatic rings. The molecular formula is C16H25NO3S. The van der Waals surface area contributed by atoms with Crippen LogP contribution in [-0.4, -0.2) is 37.8 Å². The zero-order valence-electron chi connectivity index (χ0n) is 12.8. The van der Waals surface area contributed by atoms with Gasteiger partial charge in [0, 0.05) is 13.7 Å². The second-order valence-corrected chi connectivity index (χ2v) is 5.99. The number of ether oxygens (including phenoxy) is 2. The molecule has 118 valence electrons. The van der Waals surface area contributed by atoms with Crippen molar-refractivity contribution in [1.29, 1.82) is 0 Å². The van der Waals surface area contributed by atoms with E-state index in [1.807, 2.05) is 30.3 Å². The van der Waals surface area contributed by atoms with Crippen LogP contribution >= 0.6 is 11.8 Å². The molecule has 0 aromatic heterocycles. The summed E-state index contributed by atoms with van der Waals surface area (Å²) < 4.78 is 10.2. The highest BCUT2D eigenvalue weighted by Gasteiger charge is 2.36. The number of rotatable bonds is 10. The third-order valence-electron chi connectivity index (χ3n) is 3.21. The lowest BCUT2D eigenvalue weighted by molar-refractivity contribution is -0.150. The van der Waals surface area contributed by atoms with Gasteiger partial charge in [0.15, 0.2) is 0 Å². The normalized spacial score (nSPS) is 13.7. The summed E-state index contributed by atoms with van der Waals surface area (Å²) >= 11 is 1.78. The van der Waals surface area contributed by atoms with Crippen molar-refractivity contribution in [1.82, 2.24) is 0 Å². The largest absolute Gasteiger partial charge is 0.464 e. The molecule has 0 heterocycles. The van der Waals surface area contributed by atoms with Gasteiger partial charge < -0.3 is 15.2 Å². The highest BCUT2D eigenvalue weighted by atomic mass is 32.2. The smallest absolute Gasteiger partial charge is 0.330 e. The molecule has 0 aliphatic heterocycles. The molecule has 0 radical (unpaired) electrons. The van der Waals surface area contributed by atoms with E-state index < -0.39 is 5.54 Å². The monoisotopic (exact) mass is 311 g/mol. The van der Waals surface area contributed by atoms with Gasteiger partial charge in [0.2, 0.25) is 0 Å². The van der Waals surface area contributed by atoms with Crippen molar-refractivity contribution in [2.75, 3.05) is 31.8 Å². The Bertz CT molecular complexity index is 413. The molecule has 0 saturated heterocycles. The lowest BCUT2D eigenvalue weighted by Crippen LogP contribution is -2.46. The van der Waals surface area contributed by atoms with Crippen molar-refractivity contribution < 1.29 is 14.3 Å². The predicted molar refractivity (Wildman–Crippen MR) is 87.4 cm³/mol. The quantitative estimate of drug-likeness (QED) is 0.531. The van der Waals surface area contributed by atoms with Crippen molar-refractivity contribution in [2.45, 2.75) is 25.3 Å². The van der Waals surface area contributed by atoms with Crippen molar-refractivity contribution in [3.8, 4) is 0 Å². The molecule has 0 spiro atoms. The van der Waals surface area contributed by atoms with Gasteiger partial charge in [-0.3, -0.25) is 0 Å². The summed E-state index contributed by atoms with van der Waals surface area (Å²) in [6, 6.07) is 9.46. The Hall–Kier alpha value is -1.04. The van der Waals surface area contributed by atoms with E-state index in [0.29, 0.717) is 13.0 Å². The minimum absolute atomic E-state index is 0.339. The molecule has 0 fully saturated rings. The van der Waals surface area contributed by atoms with Crippen LogP contribution in [0.4, 0.5) is 0 Å². The highest BCUT2D eigenvalue weighted by molar-refractivity contribution is 7.99. The standard InChI is InChI=1S/C16H25NO3S/c1-3-20-15(18)16(17,14-8-5-4-6-9-14)10-13-21-12-7-11-19-2/h4-6,8-9H,3,7,10-13,17H2,1-2H3. The van der Waals surface area contributed by atoms with E-state index in [2.05, 4.69) is 0 Å². The minimum atomic E-state index is -1.06. The summed E-state index contributed by atoms with van der Waals surface area (Å²) in [6.07, 6.45) is 1.57. The maximum atomic E-state index is 12.3. The molecule has 0 aliphatic rings. The average molecular weight is 311 g/mol. The SMILES string of the molecule is CCOC(=O)C(N)(CCSCCCOC)c1ccccc1. The van der Waals surface area contributed by atoms with Crippen LogP contribution in [-0.2, 0) is 19.8 Å². The molecule has 4 nitrogen and oxygen atoms in total. The van der Waals surface area contributed by atoms with Crippen molar-refractivity contribution in [3.63, 3.8) is 0 Å². The van der Waals surface area contributed by atoms with Crippen molar-refractivity contribution >= 4 is 17.7 Å². The van der Waals surface area contributed by atoms with Crippen molar-refractivity contribution in [3.05, 3.63) is 35.9 Å². The molecule has 1 atom stereocenters. The Morgan fingerprint density at radius 2 is 2.00 bits per heavy atom. The number of hydrogen-bond donors (Lipinski definition) is 1. The Morgan fingerprint density at radius 1 is 1.29 bits per heavy atom. The lowest BCUT2D eigenvalue weighted by atomic mass is 9.88. The number of benzene rings is 1. The first-order valence-electron chi connectivity index (χ1n) is 7.23. The number of hydrogen-bond acceptors (Lipinski definition) is 5. The van der Waals surface area contributed by atoms with Crippen LogP contribution in [0.15, 0.2) is 30.3 Å². The Kier molecular flexibility index (Phi) is 8.42. The second kappa shape index (κ2) is 9.82. The summed E-state index contributed by atoms with van der Waals surface area (Å²) in [6.45, 7) is 2.89. The zero-order valence-corrected chi connectivity index (χ0v) is 13.7. The van der Waals surface area contributed by atoms with Crippen LogP contribution in [0, 0.1) is 0 Å². The average Bonchev–Trinajstić information content (AvgIpc) is 2.51. The van der Waals surface area contributed by atoms with Gasteiger partial charge in [-0.1, -0.05) is 30.3 Å². The molecule has 1 unspecified atom stereocenters. The van der Waals surface area contributed by atoms with Crippen LogP contribution in [0.1, 0.15) is 25.3 Å². The number of esters is 1. The van der Waals surface area contributed by atoms with E-state index >= 15 is 0 Å². The van der Waals surface area contributed by atoms with E-state index in [9.17, 15) is 4.79 Å². The topological polar surface area (TPSA) is 61.5 Å². The van der Waals surface area contributed by atoms with E-state index in [-0.39, 0.29) is 5.97 Å². The third-order valence-corrected chi connectivity index (χ3v) is 4.28. The third kappa shape index (κ3) is 5.69. The second-order valence-electron chi connectivity index (χ2n) is 4.77. The summed E-state index contributed by atoms with van der Waals surface area (Å²) in [5, 5.41) is 0. The van der Waals surface area contributed by atoms with Gasteiger partial charge in [0.25, 0.3) is 0 Å². The molecule has 1 aromatic carbocycles. The number of carbonyl (C=O) groups excluding carboxylic acids is 1. The summed E-state index contributed by atoms with van der Waals surface area (Å²) in [5.41, 5.74) is 6.12. The molecule has 21 heavy (non-hydrogen) atoms. The van der Waals surface area contributed by atoms with Crippen LogP contribution in [0.3, 0.4) is 0 Å². The fourth-order valence-corrected chi connectivity index (χ4v) is 2.99. The Morgan fingerprint density at radius 3 is 2.62 bits per heavy atom. The van der Waals surface area contributed by atoms with Crippen LogP contribution < -0.4 is 5.73 Å². The first-order valence-corrected chi connectivity index (χ1v) is 8.39. The van der Waals surface area contributed by atoms with E-state index in [0.717, 1.165) is 30.1 Å². The summed E-state index contributed by atoms with van der Waals surface area (Å²) in [4.78, 5) is 12.3. The molecule has 5 heteroatoms. The van der Waals surface area contributed by atoms with Crippen LogP contribution in [0.5, 0.6) is 0 Å². The van der Waals surface area contributed by atoms with Gasteiger partial charge in [0.05, 0.1) is 6.61 Å². The molecule has 2 N–H and O–H groups in total. The maximum Gasteiger partial charge on any atom is 0.330 e. The first kappa shape index (κ1) is 18.0. The van der Waals surface area contributed by atoms with Crippen molar-refractivity contribution in [2.24, 2.45) is 5.73 Å².